The lowest BCUT2D eigenvalue weighted by Crippen LogP contribution is -2.26. The summed E-state index contributed by atoms with van der Waals surface area (Å²) < 4.78 is 0. The Balaban J connectivity index is 3.39. The van der Waals surface area contributed by atoms with E-state index in [0.29, 0.717) is 0 Å². The molecule has 0 saturated carbocycles. The smallest absolute Gasteiger partial charge is 0.000387 e. The monoisotopic (exact) mass is 171 g/mol. The molecule has 0 saturated heterocycles. The Bertz CT molecular complexity index is 99.2. The van der Waals surface area contributed by atoms with E-state index in [-0.39, 0.29) is 0 Å². The van der Waals surface area contributed by atoms with Crippen molar-refractivity contribution in [2.75, 3.05) is 20.1 Å². The standard InChI is InChI=1S/C11H25N/c1-6-11(4)9-12(5)8-7-10(2)3/h10-11H,6-9H2,1-5H3. The minimum absolute atomic E-state index is 0.837. The molecule has 0 spiro atoms. The molecule has 0 aliphatic rings. The first-order valence-corrected chi connectivity index (χ1v) is 5.24. The molecule has 12 heavy (non-hydrogen) atoms. The van der Waals surface area contributed by atoms with Crippen molar-refractivity contribution >= 4 is 0 Å². The van der Waals surface area contributed by atoms with Gasteiger partial charge in [0.2, 0.25) is 0 Å². The summed E-state index contributed by atoms with van der Waals surface area (Å²) in [6.07, 6.45) is 2.62. The highest BCUT2D eigenvalue weighted by atomic mass is 15.1. The largest absolute Gasteiger partial charge is 0.306 e. The molecule has 0 bridgehead atoms. The van der Waals surface area contributed by atoms with Crippen molar-refractivity contribution in [1.29, 1.82) is 0 Å². The van der Waals surface area contributed by atoms with Crippen LogP contribution in [0.4, 0.5) is 0 Å². The molecule has 1 heteroatoms. The second-order valence-electron chi connectivity index (χ2n) is 4.46. The van der Waals surface area contributed by atoms with Gasteiger partial charge in [-0.05, 0) is 31.8 Å². The van der Waals surface area contributed by atoms with Crippen LogP contribution in [-0.4, -0.2) is 25.0 Å². The van der Waals surface area contributed by atoms with Gasteiger partial charge in [0.15, 0.2) is 0 Å². The van der Waals surface area contributed by atoms with Crippen molar-refractivity contribution in [3.05, 3.63) is 0 Å². The van der Waals surface area contributed by atoms with Crippen LogP contribution in [0.5, 0.6) is 0 Å². The van der Waals surface area contributed by atoms with E-state index in [0.717, 1.165) is 11.8 Å². The molecule has 0 aromatic carbocycles. The SMILES string of the molecule is CCC(C)CN(C)CCC(C)C. The highest BCUT2D eigenvalue weighted by molar-refractivity contribution is 4.58. The fraction of sp³-hybridized carbons (Fsp3) is 1.00. The summed E-state index contributed by atoms with van der Waals surface area (Å²) in [7, 11) is 2.23. The zero-order valence-corrected chi connectivity index (χ0v) is 9.43. The molecule has 0 aliphatic carbocycles. The van der Waals surface area contributed by atoms with Crippen LogP contribution in [0.15, 0.2) is 0 Å². The van der Waals surface area contributed by atoms with Crippen molar-refractivity contribution in [3.63, 3.8) is 0 Å². The van der Waals surface area contributed by atoms with Crippen LogP contribution in [0, 0.1) is 11.8 Å². The van der Waals surface area contributed by atoms with E-state index in [9.17, 15) is 0 Å². The molecule has 0 radical (unpaired) electrons. The molecule has 0 N–H and O–H groups in total. The maximum Gasteiger partial charge on any atom is 0.000387 e. The first kappa shape index (κ1) is 12.0. The Morgan fingerprint density at radius 1 is 1.17 bits per heavy atom. The topological polar surface area (TPSA) is 3.24 Å². The predicted octanol–water partition coefficient (Wildman–Crippen LogP) is 3.01. The van der Waals surface area contributed by atoms with E-state index in [1.165, 1.54) is 25.9 Å². The number of hydrogen-bond acceptors (Lipinski definition) is 1. The first-order chi connectivity index (χ1) is 5.56. The number of rotatable bonds is 6. The van der Waals surface area contributed by atoms with Crippen LogP contribution in [-0.2, 0) is 0 Å². The van der Waals surface area contributed by atoms with Gasteiger partial charge >= 0.3 is 0 Å². The second kappa shape index (κ2) is 6.47. The molecule has 1 nitrogen and oxygen atoms in total. The molecule has 0 aromatic rings. The molecule has 1 unspecified atom stereocenters. The van der Waals surface area contributed by atoms with Gasteiger partial charge in [-0.15, -0.1) is 0 Å². The van der Waals surface area contributed by atoms with Crippen LogP contribution in [0.3, 0.4) is 0 Å². The molecule has 0 aliphatic heterocycles. The molecule has 0 amide bonds. The van der Waals surface area contributed by atoms with Gasteiger partial charge in [-0.25, -0.2) is 0 Å². The lowest BCUT2D eigenvalue weighted by molar-refractivity contribution is 0.267. The van der Waals surface area contributed by atoms with Gasteiger partial charge in [0.05, 0.1) is 0 Å². The predicted molar refractivity (Wildman–Crippen MR) is 56.4 cm³/mol. The fourth-order valence-corrected chi connectivity index (χ4v) is 1.23. The normalized spacial score (nSPS) is 14.2. The van der Waals surface area contributed by atoms with E-state index in [1.54, 1.807) is 0 Å². The van der Waals surface area contributed by atoms with Gasteiger partial charge < -0.3 is 4.90 Å². The molecule has 0 heterocycles. The third-order valence-corrected chi connectivity index (χ3v) is 2.41. The molecular weight excluding hydrogens is 146 g/mol. The molecule has 74 valence electrons. The van der Waals surface area contributed by atoms with Crippen LogP contribution in [0.1, 0.15) is 40.5 Å². The Kier molecular flexibility index (Phi) is 6.45. The van der Waals surface area contributed by atoms with Crippen molar-refractivity contribution in [2.24, 2.45) is 11.8 Å². The first-order valence-electron chi connectivity index (χ1n) is 5.24. The van der Waals surface area contributed by atoms with Gasteiger partial charge in [0, 0.05) is 6.54 Å². The van der Waals surface area contributed by atoms with Crippen LogP contribution >= 0.6 is 0 Å². The quantitative estimate of drug-likeness (QED) is 0.594. The molecule has 1 atom stereocenters. The summed E-state index contributed by atoms with van der Waals surface area (Å²) >= 11 is 0. The fourth-order valence-electron chi connectivity index (χ4n) is 1.23. The maximum absolute atomic E-state index is 2.45. The van der Waals surface area contributed by atoms with Crippen molar-refractivity contribution in [2.45, 2.75) is 40.5 Å². The van der Waals surface area contributed by atoms with E-state index in [1.807, 2.05) is 0 Å². The van der Waals surface area contributed by atoms with Crippen molar-refractivity contribution in [3.8, 4) is 0 Å². The van der Waals surface area contributed by atoms with E-state index in [4.69, 9.17) is 0 Å². The summed E-state index contributed by atoms with van der Waals surface area (Å²) in [4.78, 5) is 2.45. The maximum atomic E-state index is 2.45. The zero-order chi connectivity index (χ0) is 9.56. The van der Waals surface area contributed by atoms with Gasteiger partial charge in [-0.3, -0.25) is 0 Å². The molecule has 0 aromatic heterocycles. The molecule has 0 rings (SSSR count). The van der Waals surface area contributed by atoms with E-state index in [2.05, 4.69) is 39.6 Å². The summed E-state index contributed by atoms with van der Waals surface area (Å²) in [5.74, 6) is 1.69. The average molecular weight is 171 g/mol. The van der Waals surface area contributed by atoms with Crippen LogP contribution in [0.2, 0.25) is 0 Å². The van der Waals surface area contributed by atoms with E-state index >= 15 is 0 Å². The third-order valence-electron chi connectivity index (χ3n) is 2.41. The lowest BCUT2D eigenvalue weighted by atomic mass is 10.1. The zero-order valence-electron chi connectivity index (χ0n) is 9.43. The second-order valence-corrected chi connectivity index (χ2v) is 4.46. The van der Waals surface area contributed by atoms with Crippen molar-refractivity contribution < 1.29 is 0 Å². The number of hydrogen-bond donors (Lipinski definition) is 0. The van der Waals surface area contributed by atoms with Gasteiger partial charge in [0.25, 0.3) is 0 Å². The van der Waals surface area contributed by atoms with Gasteiger partial charge in [-0.1, -0.05) is 34.1 Å². The van der Waals surface area contributed by atoms with Crippen molar-refractivity contribution in [1.82, 2.24) is 4.90 Å². The summed E-state index contributed by atoms with van der Waals surface area (Å²) in [6, 6.07) is 0. The number of nitrogens with zero attached hydrogens (tertiary/aromatic N) is 1. The van der Waals surface area contributed by atoms with Gasteiger partial charge in [-0.2, -0.15) is 0 Å². The Morgan fingerprint density at radius 3 is 2.17 bits per heavy atom. The highest BCUT2D eigenvalue weighted by Gasteiger charge is 2.04. The summed E-state index contributed by atoms with van der Waals surface area (Å²) in [6.45, 7) is 11.7. The van der Waals surface area contributed by atoms with Crippen LogP contribution in [0.25, 0.3) is 0 Å². The molecule has 0 fully saturated rings. The lowest BCUT2D eigenvalue weighted by Gasteiger charge is -2.21. The summed E-state index contributed by atoms with van der Waals surface area (Å²) in [5.41, 5.74) is 0. The van der Waals surface area contributed by atoms with Crippen LogP contribution < -0.4 is 0 Å². The third kappa shape index (κ3) is 6.66. The van der Waals surface area contributed by atoms with Gasteiger partial charge in [0.1, 0.15) is 0 Å². The highest BCUT2D eigenvalue weighted by Crippen LogP contribution is 2.05. The minimum Gasteiger partial charge on any atom is -0.306 e. The van der Waals surface area contributed by atoms with E-state index < -0.39 is 0 Å². The Labute approximate surface area is 78.1 Å². The Morgan fingerprint density at radius 2 is 1.75 bits per heavy atom. The average Bonchev–Trinajstić information content (AvgIpc) is 2.00. The Hall–Kier alpha value is -0.0400. The minimum atomic E-state index is 0.837. The molecular formula is C11H25N. The summed E-state index contributed by atoms with van der Waals surface area (Å²) in [5, 5.41) is 0.